The number of amides is 1. The first-order valence-electron chi connectivity index (χ1n) is 5.86. The highest BCUT2D eigenvalue weighted by atomic mass is 79.9. The number of carbonyl (C=O) groups excluding carboxylic acids is 1. The number of nitrogens with zero attached hydrogens (tertiary/aromatic N) is 1. The molecule has 0 saturated heterocycles. The van der Waals surface area contributed by atoms with Crippen molar-refractivity contribution in [2.75, 3.05) is 0 Å². The quantitative estimate of drug-likeness (QED) is 0.693. The summed E-state index contributed by atoms with van der Waals surface area (Å²) < 4.78 is 5.62. The van der Waals surface area contributed by atoms with Gasteiger partial charge in [-0.3, -0.25) is 4.79 Å². The molecule has 1 aromatic heterocycles. The maximum absolute atomic E-state index is 11.6. The van der Waals surface area contributed by atoms with Crippen LogP contribution in [-0.4, -0.2) is 12.1 Å². The van der Waals surface area contributed by atoms with Gasteiger partial charge in [-0.05, 0) is 45.6 Å². The Labute approximate surface area is 119 Å². The van der Waals surface area contributed by atoms with Crippen LogP contribution in [0, 0.1) is 0 Å². The molecule has 0 aliphatic heterocycles. The van der Waals surface area contributed by atoms with Gasteiger partial charge in [0, 0.05) is 0 Å². The number of halogens is 1. The molecule has 98 valence electrons. The van der Waals surface area contributed by atoms with Gasteiger partial charge in [-0.2, -0.15) is 5.10 Å². The Morgan fingerprint density at radius 1 is 1.32 bits per heavy atom. The topological polar surface area (TPSA) is 54.6 Å². The first kappa shape index (κ1) is 13.5. The van der Waals surface area contributed by atoms with Gasteiger partial charge in [-0.1, -0.05) is 31.2 Å². The van der Waals surface area contributed by atoms with Crippen LogP contribution in [0.25, 0.3) is 0 Å². The lowest BCUT2D eigenvalue weighted by Gasteiger charge is -1.97. The predicted molar refractivity (Wildman–Crippen MR) is 77.3 cm³/mol. The van der Waals surface area contributed by atoms with E-state index < -0.39 is 0 Å². The van der Waals surface area contributed by atoms with E-state index in [2.05, 4.69) is 33.4 Å². The van der Waals surface area contributed by atoms with Crippen LogP contribution in [0.4, 0.5) is 0 Å². The maximum Gasteiger partial charge on any atom is 0.307 e. The molecule has 5 heteroatoms. The number of hydrogen-bond acceptors (Lipinski definition) is 3. The van der Waals surface area contributed by atoms with Crippen molar-refractivity contribution in [3.63, 3.8) is 0 Å². The molecule has 0 aliphatic carbocycles. The second-order valence-electron chi connectivity index (χ2n) is 3.90. The van der Waals surface area contributed by atoms with E-state index in [0.29, 0.717) is 4.67 Å². The van der Waals surface area contributed by atoms with Gasteiger partial charge in [0.2, 0.25) is 0 Å². The molecule has 0 aliphatic rings. The van der Waals surface area contributed by atoms with E-state index in [0.717, 1.165) is 12.0 Å². The minimum Gasteiger partial charge on any atom is -0.444 e. The number of benzene rings is 1. The van der Waals surface area contributed by atoms with Crippen LogP contribution in [0.1, 0.15) is 28.6 Å². The Bertz CT molecular complexity index is 588. The monoisotopic (exact) mass is 320 g/mol. The van der Waals surface area contributed by atoms with Crippen molar-refractivity contribution >= 4 is 28.1 Å². The van der Waals surface area contributed by atoms with E-state index in [-0.39, 0.29) is 11.7 Å². The fraction of sp³-hybridized carbons (Fsp3) is 0.143. The molecule has 0 saturated carbocycles. The SMILES string of the molecule is CCc1ccc(/C=N/NC(=O)c2ccc(Br)o2)cc1. The van der Waals surface area contributed by atoms with Gasteiger partial charge in [0.25, 0.3) is 0 Å². The van der Waals surface area contributed by atoms with E-state index in [1.165, 1.54) is 5.56 Å². The fourth-order valence-corrected chi connectivity index (χ4v) is 1.80. The first-order valence-corrected chi connectivity index (χ1v) is 6.66. The van der Waals surface area contributed by atoms with E-state index in [1.807, 2.05) is 24.3 Å². The predicted octanol–water partition coefficient (Wildman–Crippen LogP) is 3.37. The van der Waals surface area contributed by atoms with Crippen LogP contribution in [0.5, 0.6) is 0 Å². The lowest BCUT2D eigenvalue weighted by molar-refractivity contribution is 0.0926. The molecule has 1 heterocycles. The van der Waals surface area contributed by atoms with Gasteiger partial charge < -0.3 is 4.42 Å². The van der Waals surface area contributed by atoms with Crippen LogP contribution >= 0.6 is 15.9 Å². The Kier molecular flexibility index (Phi) is 4.52. The summed E-state index contributed by atoms with van der Waals surface area (Å²) in [5, 5.41) is 3.88. The zero-order valence-corrected chi connectivity index (χ0v) is 12.0. The number of furan rings is 1. The number of carbonyl (C=O) groups is 1. The molecule has 2 rings (SSSR count). The zero-order chi connectivity index (χ0) is 13.7. The minimum absolute atomic E-state index is 0.213. The summed E-state index contributed by atoms with van der Waals surface area (Å²) >= 11 is 3.13. The standard InChI is InChI=1S/C14H13BrN2O2/c1-2-10-3-5-11(6-4-10)9-16-17-14(18)12-7-8-13(15)19-12/h3-9H,2H2,1H3,(H,17,18)/b16-9+. The van der Waals surface area contributed by atoms with E-state index >= 15 is 0 Å². The largest absolute Gasteiger partial charge is 0.444 e. The summed E-state index contributed by atoms with van der Waals surface area (Å²) in [7, 11) is 0. The van der Waals surface area contributed by atoms with Gasteiger partial charge in [0.05, 0.1) is 6.21 Å². The Morgan fingerprint density at radius 2 is 2.05 bits per heavy atom. The molecule has 0 fully saturated rings. The van der Waals surface area contributed by atoms with Gasteiger partial charge >= 0.3 is 5.91 Å². The molecular weight excluding hydrogens is 308 g/mol. The van der Waals surface area contributed by atoms with Crippen molar-refractivity contribution in [1.29, 1.82) is 0 Å². The summed E-state index contributed by atoms with van der Waals surface area (Å²) in [5.41, 5.74) is 4.60. The Morgan fingerprint density at radius 3 is 2.63 bits per heavy atom. The highest BCUT2D eigenvalue weighted by Gasteiger charge is 2.08. The lowest BCUT2D eigenvalue weighted by Crippen LogP contribution is -2.16. The molecule has 0 spiro atoms. The Hall–Kier alpha value is -1.88. The minimum atomic E-state index is -0.382. The number of hydrazone groups is 1. The summed E-state index contributed by atoms with van der Waals surface area (Å²) in [6.07, 6.45) is 2.59. The maximum atomic E-state index is 11.6. The average Bonchev–Trinajstić information content (AvgIpc) is 2.86. The number of nitrogens with one attached hydrogen (secondary N) is 1. The van der Waals surface area contributed by atoms with Crippen molar-refractivity contribution in [2.45, 2.75) is 13.3 Å². The summed E-state index contributed by atoms with van der Waals surface area (Å²) in [5.74, 6) is -0.169. The van der Waals surface area contributed by atoms with Crippen molar-refractivity contribution in [3.05, 3.63) is 58.0 Å². The van der Waals surface area contributed by atoms with Crippen LogP contribution in [0.15, 0.2) is 50.6 Å². The number of hydrogen-bond donors (Lipinski definition) is 1. The zero-order valence-electron chi connectivity index (χ0n) is 10.4. The molecule has 0 atom stereocenters. The van der Waals surface area contributed by atoms with Gasteiger partial charge in [-0.15, -0.1) is 0 Å². The third kappa shape index (κ3) is 3.79. The normalized spacial score (nSPS) is 10.8. The molecule has 19 heavy (non-hydrogen) atoms. The molecule has 0 unspecified atom stereocenters. The smallest absolute Gasteiger partial charge is 0.307 e. The molecule has 2 aromatic rings. The van der Waals surface area contributed by atoms with Crippen LogP contribution in [0.3, 0.4) is 0 Å². The summed E-state index contributed by atoms with van der Waals surface area (Å²) in [6, 6.07) is 11.2. The van der Waals surface area contributed by atoms with E-state index in [1.54, 1.807) is 18.3 Å². The molecular formula is C14H13BrN2O2. The van der Waals surface area contributed by atoms with Crippen LogP contribution < -0.4 is 5.43 Å². The van der Waals surface area contributed by atoms with Crippen LogP contribution in [-0.2, 0) is 6.42 Å². The van der Waals surface area contributed by atoms with Crippen molar-refractivity contribution in [1.82, 2.24) is 5.43 Å². The highest BCUT2D eigenvalue weighted by molar-refractivity contribution is 9.10. The molecule has 0 radical (unpaired) electrons. The average molecular weight is 321 g/mol. The van der Waals surface area contributed by atoms with Gasteiger partial charge in [-0.25, -0.2) is 5.43 Å². The fourth-order valence-electron chi connectivity index (χ4n) is 1.50. The molecule has 4 nitrogen and oxygen atoms in total. The second kappa shape index (κ2) is 6.33. The molecule has 1 N–H and O–H groups in total. The van der Waals surface area contributed by atoms with Gasteiger partial charge in [0.1, 0.15) is 0 Å². The lowest BCUT2D eigenvalue weighted by atomic mass is 10.1. The Balaban J connectivity index is 1.94. The van der Waals surface area contributed by atoms with Crippen LogP contribution in [0.2, 0.25) is 0 Å². The van der Waals surface area contributed by atoms with E-state index in [9.17, 15) is 4.79 Å². The third-order valence-electron chi connectivity index (χ3n) is 2.56. The number of rotatable bonds is 4. The highest BCUT2D eigenvalue weighted by Crippen LogP contribution is 2.13. The molecule has 0 bridgehead atoms. The number of aryl methyl sites for hydroxylation is 1. The second-order valence-corrected chi connectivity index (χ2v) is 4.68. The van der Waals surface area contributed by atoms with Crippen molar-refractivity contribution < 1.29 is 9.21 Å². The van der Waals surface area contributed by atoms with Crippen molar-refractivity contribution in [3.8, 4) is 0 Å². The third-order valence-corrected chi connectivity index (χ3v) is 2.99. The molecule has 1 aromatic carbocycles. The first-order chi connectivity index (χ1) is 9.19. The molecule has 1 amide bonds. The summed E-state index contributed by atoms with van der Waals surface area (Å²) in [6.45, 7) is 2.10. The summed E-state index contributed by atoms with van der Waals surface area (Å²) in [4.78, 5) is 11.6. The van der Waals surface area contributed by atoms with E-state index in [4.69, 9.17) is 4.42 Å². The van der Waals surface area contributed by atoms with Gasteiger partial charge in [0.15, 0.2) is 10.4 Å². The van der Waals surface area contributed by atoms with Crippen molar-refractivity contribution in [2.24, 2.45) is 5.10 Å².